The highest BCUT2D eigenvalue weighted by molar-refractivity contribution is 6.31. The number of rotatable bonds is 3. The number of aryl methyl sites for hydroxylation is 2. The molecule has 1 N–H and O–H groups in total. The molecule has 1 fully saturated rings. The van der Waals surface area contributed by atoms with E-state index in [1.165, 1.54) is 0 Å². The van der Waals surface area contributed by atoms with Crippen LogP contribution < -0.4 is 0 Å². The lowest BCUT2D eigenvalue weighted by Crippen LogP contribution is -2.49. The zero-order chi connectivity index (χ0) is 11.9. The monoisotopic (exact) mass is 244 g/mol. The Labute approximate surface area is 100 Å². The molecule has 0 spiro atoms. The molecule has 2 rings (SSSR count). The van der Waals surface area contributed by atoms with Crippen molar-refractivity contribution in [2.45, 2.75) is 37.9 Å². The molecule has 0 amide bonds. The average molecular weight is 245 g/mol. The van der Waals surface area contributed by atoms with Crippen molar-refractivity contribution < 1.29 is 9.84 Å². The van der Waals surface area contributed by atoms with Crippen molar-refractivity contribution in [3.05, 3.63) is 16.4 Å². The van der Waals surface area contributed by atoms with Crippen LogP contribution in [0.15, 0.2) is 0 Å². The van der Waals surface area contributed by atoms with E-state index in [9.17, 15) is 5.11 Å². The molecule has 1 heterocycles. The summed E-state index contributed by atoms with van der Waals surface area (Å²) in [6.07, 6.45) is 2.06. The normalized spacial score (nSPS) is 29.2. The first-order valence-electron chi connectivity index (χ1n) is 5.38. The number of hydrogen-bond acceptors (Lipinski definition) is 3. The molecule has 4 nitrogen and oxygen atoms in total. The summed E-state index contributed by atoms with van der Waals surface area (Å²) >= 11 is 6.15. The average Bonchev–Trinajstić information content (AvgIpc) is 2.41. The Bertz CT molecular complexity index is 397. The summed E-state index contributed by atoms with van der Waals surface area (Å²) in [6, 6.07) is 0. The van der Waals surface area contributed by atoms with E-state index in [2.05, 4.69) is 5.10 Å². The Balaban J connectivity index is 2.10. The van der Waals surface area contributed by atoms with Gasteiger partial charge in [-0.1, -0.05) is 11.6 Å². The summed E-state index contributed by atoms with van der Waals surface area (Å²) in [5.41, 5.74) is 1.03. The number of methoxy groups -OCH3 is 1. The molecule has 1 aliphatic rings. The maximum atomic E-state index is 10.2. The predicted molar refractivity (Wildman–Crippen MR) is 61.6 cm³/mol. The summed E-state index contributed by atoms with van der Waals surface area (Å²) in [6.45, 7) is 1.87. The van der Waals surface area contributed by atoms with Crippen LogP contribution in [0.5, 0.6) is 0 Å². The Kier molecular flexibility index (Phi) is 2.99. The van der Waals surface area contributed by atoms with E-state index in [0.29, 0.717) is 24.3 Å². The molecular formula is C11H17ClN2O2. The molecule has 16 heavy (non-hydrogen) atoms. The highest BCUT2D eigenvalue weighted by atomic mass is 35.5. The first-order valence-corrected chi connectivity index (χ1v) is 5.76. The molecule has 0 saturated heterocycles. The Hall–Kier alpha value is -0.580. The van der Waals surface area contributed by atoms with Crippen LogP contribution in [0.2, 0.25) is 5.02 Å². The maximum Gasteiger partial charge on any atom is 0.0848 e. The minimum Gasteiger partial charge on any atom is -0.389 e. The zero-order valence-corrected chi connectivity index (χ0v) is 10.6. The minimum atomic E-state index is -0.676. The van der Waals surface area contributed by atoms with Crippen molar-refractivity contribution in [3.63, 3.8) is 0 Å². The van der Waals surface area contributed by atoms with Gasteiger partial charge in [0.2, 0.25) is 0 Å². The third-order valence-corrected chi connectivity index (χ3v) is 3.80. The Morgan fingerprint density at radius 2 is 2.25 bits per heavy atom. The summed E-state index contributed by atoms with van der Waals surface area (Å²) in [7, 11) is 3.52. The molecule has 1 aliphatic carbocycles. The number of aromatic nitrogens is 2. The lowest BCUT2D eigenvalue weighted by atomic mass is 9.74. The summed E-state index contributed by atoms with van der Waals surface area (Å²) in [4.78, 5) is 0. The molecular weight excluding hydrogens is 228 g/mol. The van der Waals surface area contributed by atoms with Gasteiger partial charge < -0.3 is 9.84 Å². The first kappa shape index (κ1) is 11.9. The molecule has 0 aromatic carbocycles. The fourth-order valence-corrected chi connectivity index (χ4v) is 2.51. The second-order valence-electron chi connectivity index (χ2n) is 4.64. The predicted octanol–water partition coefficient (Wildman–Crippen LogP) is 1.46. The molecule has 1 aromatic rings. The molecule has 1 aromatic heterocycles. The molecule has 0 aliphatic heterocycles. The molecule has 0 atom stereocenters. The van der Waals surface area contributed by atoms with Crippen LogP contribution >= 0.6 is 11.6 Å². The number of hydrogen-bond donors (Lipinski definition) is 1. The van der Waals surface area contributed by atoms with Gasteiger partial charge >= 0.3 is 0 Å². The summed E-state index contributed by atoms with van der Waals surface area (Å²) in [5.74, 6) is 0. The van der Waals surface area contributed by atoms with Gasteiger partial charge in [-0.05, 0) is 6.92 Å². The van der Waals surface area contributed by atoms with E-state index in [-0.39, 0.29) is 6.10 Å². The highest BCUT2D eigenvalue weighted by Crippen LogP contribution is 2.38. The summed E-state index contributed by atoms with van der Waals surface area (Å²) in [5, 5.41) is 15.1. The van der Waals surface area contributed by atoms with Crippen LogP contribution in [0.4, 0.5) is 0 Å². The highest BCUT2D eigenvalue weighted by Gasteiger charge is 2.43. The number of ether oxygens (including phenoxy) is 1. The summed E-state index contributed by atoms with van der Waals surface area (Å²) < 4.78 is 6.92. The van der Waals surface area contributed by atoms with Crippen LogP contribution in [0.25, 0.3) is 0 Å². The van der Waals surface area contributed by atoms with E-state index in [0.717, 1.165) is 11.4 Å². The Morgan fingerprint density at radius 1 is 1.62 bits per heavy atom. The fraction of sp³-hybridized carbons (Fsp3) is 0.727. The van der Waals surface area contributed by atoms with Crippen LogP contribution in [0.3, 0.4) is 0 Å². The second kappa shape index (κ2) is 4.02. The maximum absolute atomic E-state index is 10.2. The largest absolute Gasteiger partial charge is 0.389 e. The number of aliphatic hydroxyl groups is 1. The minimum absolute atomic E-state index is 0.179. The van der Waals surface area contributed by atoms with Gasteiger partial charge in [-0.25, -0.2) is 0 Å². The number of halogens is 1. The second-order valence-corrected chi connectivity index (χ2v) is 5.01. The van der Waals surface area contributed by atoms with E-state index in [1.54, 1.807) is 11.8 Å². The van der Waals surface area contributed by atoms with Crippen LogP contribution in [0.1, 0.15) is 24.2 Å². The molecule has 90 valence electrons. The van der Waals surface area contributed by atoms with Gasteiger partial charge in [-0.3, -0.25) is 4.68 Å². The van der Waals surface area contributed by atoms with Crippen LogP contribution in [-0.4, -0.2) is 33.7 Å². The molecule has 1 saturated carbocycles. The van der Waals surface area contributed by atoms with E-state index in [4.69, 9.17) is 16.3 Å². The lowest BCUT2D eigenvalue weighted by Gasteiger charge is -2.42. The van der Waals surface area contributed by atoms with Crippen molar-refractivity contribution in [2.75, 3.05) is 7.11 Å². The van der Waals surface area contributed by atoms with E-state index < -0.39 is 5.60 Å². The Morgan fingerprint density at radius 3 is 2.69 bits per heavy atom. The van der Waals surface area contributed by atoms with Gasteiger partial charge in [-0.2, -0.15) is 5.10 Å². The standard InChI is InChI=1S/C11H17ClN2O2/c1-7-10(12)9(14(2)13-7)6-11(15)4-8(5-11)16-3/h8,15H,4-6H2,1-3H3. The van der Waals surface area contributed by atoms with Crippen molar-refractivity contribution in [1.29, 1.82) is 0 Å². The number of nitrogens with zero attached hydrogens (tertiary/aromatic N) is 2. The third kappa shape index (κ3) is 1.97. The molecule has 0 bridgehead atoms. The smallest absolute Gasteiger partial charge is 0.0848 e. The van der Waals surface area contributed by atoms with Gasteiger partial charge in [-0.15, -0.1) is 0 Å². The SMILES string of the molecule is COC1CC(O)(Cc2c(Cl)c(C)nn2C)C1. The zero-order valence-electron chi connectivity index (χ0n) is 9.83. The van der Waals surface area contributed by atoms with Gasteiger partial charge in [0.05, 0.1) is 28.1 Å². The first-order chi connectivity index (χ1) is 7.45. The van der Waals surface area contributed by atoms with Crippen LogP contribution in [0, 0.1) is 6.92 Å². The van der Waals surface area contributed by atoms with Crippen molar-refractivity contribution in [1.82, 2.24) is 9.78 Å². The van der Waals surface area contributed by atoms with Gasteiger partial charge in [0.15, 0.2) is 0 Å². The van der Waals surface area contributed by atoms with Crippen molar-refractivity contribution in [2.24, 2.45) is 7.05 Å². The van der Waals surface area contributed by atoms with Gasteiger partial charge in [0.1, 0.15) is 0 Å². The molecule has 0 unspecified atom stereocenters. The van der Waals surface area contributed by atoms with E-state index in [1.807, 2.05) is 14.0 Å². The van der Waals surface area contributed by atoms with Crippen molar-refractivity contribution in [3.8, 4) is 0 Å². The molecule has 5 heteroatoms. The topological polar surface area (TPSA) is 47.3 Å². The molecule has 0 radical (unpaired) electrons. The van der Waals surface area contributed by atoms with Gasteiger partial charge in [0, 0.05) is 33.4 Å². The van der Waals surface area contributed by atoms with Crippen LogP contribution in [-0.2, 0) is 18.2 Å². The van der Waals surface area contributed by atoms with E-state index >= 15 is 0 Å². The van der Waals surface area contributed by atoms with Crippen molar-refractivity contribution >= 4 is 11.6 Å². The third-order valence-electron chi connectivity index (χ3n) is 3.31. The quantitative estimate of drug-likeness (QED) is 0.876. The lowest BCUT2D eigenvalue weighted by molar-refractivity contribution is -0.127. The van der Waals surface area contributed by atoms with Gasteiger partial charge in [0.25, 0.3) is 0 Å². The fourth-order valence-electron chi connectivity index (χ4n) is 2.28.